The third kappa shape index (κ3) is 2.83. The molecular formula is C17H20BNO5. The Labute approximate surface area is 139 Å². The zero-order valence-corrected chi connectivity index (χ0v) is 13.2. The van der Waals surface area contributed by atoms with Crippen LogP contribution >= 0.6 is 0 Å². The molecule has 1 amide bonds. The van der Waals surface area contributed by atoms with Gasteiger partial charge in [0.15, 0.2) is 0 Å². The summed E-state index contributed by atoms with van der Waals surface area (Å²) in [4.78, 5) is 12.5. The zero-order valence-electron chi connectivity index (χ0n) is 13.2. The number of fused-ring (bicyclic) bond motifs is 3. The molecule has 2 aliphatic heterocycles. The molecule has 24 heavy (non-hydrogen) atoms. The van der Waals surface area contributed by atoms with E-state index in [0.717, 1.165) is 35.8 Å². The Balaban J connectivity index is 1.47. The second-order valence-corrected chi connectivity index (χ2v) is 6.71. The van der Waals surface area contributed by atoms with Crippen molar-refractivity contribution in [3.8, 4) is 0 Å². The van der Waals surface area contributed by atoms with Gasteiger partial charge in [-0.1, -0.05) is 18.2 Å². The first-order chi connectivity index (χ1) is 11.6. The van der Waals surface area contributed by atoms with Crippen molar-refractivity contribution < 1.29 is 24.0 Å². The molecule has 3 N–H and O–H groups in total. The second kappa shape index (κ2) is 6.24. The number of rotatable bonds is 5. The molecular weight excluding hydrogens is 309 g/mol. The highest BCUT2D eigenvalue weighted by atomic mass is 16.5. The van der Waals surface area contributed by atoms with Crippen LogP contribution in [0.3, 0.4) is 0 Å². The van der Waals surface area contributed by atoms with Gasteiger partial charge in [0.1, 0.15) is 5.58 Å². The Morgan fingerprint density at radius 2 is 2.17 bits per heavy atom. The maximum atomic E-state index is 12.5. The smallest absolute Gasteiger partial charge is 0.464 e. The van der Waals surface area contributed by atoms with Gasteiger partial charge in [-0.2, -0.15) is 0 Å². The molecule has 2 aromatic rings. The predicted octanol–water partition coefficient (Wildman–Crippen LogP) is 1.04. The van der Waals surface area contributed by atoms with Crippen molar-refractivity contribution in [1.29, 1.82) is 0 Å². The fraction of sp³-hybridized carbons (Fsp3) is 0.471. The largest absolute Gasteiger partial charge is 0.475 e. The monoisotopic (exact) mass is 329 g/mol. The van der Waals surface area contributed by atoms with E-state index >= 15 is 0 Å². The second-order valence-electron chi connectivity index (χ2n) is 6.71. The predicted molar refractivity (Wildman–Crippen MR) is 88.0 cm³/mol. The number of carbonyl (C=O) groups excluding carboxylic acids is 1. The van der Waals surface area contributed by atoms with E-state index in [1.165, 1.54) is 0 Å². The van der Waals surface area contributed by atoms with Gasteiger partial charge < -0.3 is 24.5 Å². The van der Waals surface area contributed by atoms with Crippen LogP contribution < -0.4 is 5.32 Å². The van der Waals surface area contributed by atoms with Crippen molar-refractivity contribution in [2.24, 2.45) is 5.92 Å². The van der Waals surface area contributed by atoms with Gasteiger partial charge in [-0.25, -0.2) is 0 Å². The molecule has 0 saturated carbocycles. The molecule has 2 aliphatic rings. The summed E-state index contributed by atoms with van der Waals surface area (Å²) < 4.78 is 11.2. The summed E-state index contributed by atoms with van der Waals surface area (Å²) in [5, 5.41) is 23.1. The fourth-order valence-electron chi connectivity index (χ4n) is 3.86. The number of benzene rings is 1. The highest BCUT2D eigenvalue weighted by Gasteiger charge is 2.45. The lowest BCUT2D eigenvalue weighted by Gasteiger charge is -2.23. The average molecular weight is 329 g/mol. The molecule has 4 rings (SSSR count). The van der Waals surface area contributed by atoms with Gasteiger partial charge in [0.25, 0.3) is 0 Å². The lowest BCUT2D eigenvalue weighted by molar-refractivity contribution is -0.126. The average Bonchev–Trinajstić information content (AvgIpc) is 3.29. The summed E-state index contributed by atoms with van der Waals surface area (Å²) in [5.74, 6) is -1.13. The van der Waals surface area contributed by atoms with E-state index in [2.05, 4.69) is 5.32 Å². The highest BCUT2D eigenvalue weighted by molar-refractivity contribution is 6.43. The Kier molecular flexibility index (Phi) is 4.08. The topological polar surface area (TPSA) is 91.9 Å². The van der Waals surface area contributed by atoms with E-state index in [-0.39, 0.29) is 24.0 Å². The summed E-state index contributed by atoms with van der Waals surface area (Å²) in [7, 11) is -1.64. The molecule has 0 aliphatic carbocycles. The van der Waals surface area contributed by atoms with Crippen LogP contribution in [-0.2, 0) is 16.0 Å². The molecule has 3 heterocycles. The quantitative estimate of drug-likeness (QED) is 0.713. The molecule has 0 spiro atoms. The van der Waals surface area contributed by atoms with E-state index in [1.54, 1.807) is 6.26 Å². The van der Waals surface area contributed by atoms with Crippen molar-refractivity contribution in [1.82, 2.24) is 5.32 Å². The number of hydrogen-bond acceptors (Lipinski definition) is 5. The lowest BCUT2D eigenvalue weighted by atomic mass is 9.75. The van der Waals surface area contributed by atoms with Crippen LogP contribution in [-0.4, -0.2) is 41.2 Å². The molecule has 0 radical (unpaired) electrons. The first-order valence-electron chi connectivity index (χ1n) is 8.39. The van der Waals surface area contributed by atoms with Crippen LogP contribution in [0.2, 0.25) is 0 Å². The number of ether oxygens (including phenoxy) is 1. The summed E-state index contributed by atoms with van der Waals surface area (Å²) >= 11 is 0. The molecule has 0 unspecified atom stereocenters. The molecule has 6 nitrogen and oxygen atoms in total. The van der Waals surface area contributed by atoms with Crippen molar-refractivity contribution >= 4 is 24.0 Å². The minimum atomic E-state index is -1.64. The van der Waals surface area contributed by atoms with Crippen molar-refractivity contribution in [2.45, 2.75) is 43.8 Å². The minimum Gasteiger partial charge on any atom is -0.464 e. The molecule has 1 aromatic heterocycles. The van der Waals surface area contributed by atoms with Crippen LogP contribution in [0.25, 0.3) is 11.0 Å². The number of nitrogens with one attached hydrogen (secondary N) is 1. The van der Waals surface area contributed by atoms with Gasteiger partial charge in [0, 0.05) is 5.39 Å². The molecule has 2 fully saturated rings. The van der Waals surface area contributed by atoms with Crippen LogP contribution in [0.5, 0.6) is 0 Å². The Bertz CT molecular complexity index is 745. The number of amides is 1. The molecule has 1 aromatic carbocycles. The number of para-hydroxylation sites is 1. The normalized spacial score (nSPS) is 26.7. The first kappa shape index (κ1) is 15.7. The molecule has 2 bridgehead atoms. The van der Waals surface area contributed by atoms with Gasteiger partial charge in [-0.15, -0.1) is 0 Å². The summed E-state index contributed by atoms with van der Waals surface area (Å²) in [6, 6.07) is 7.55. The molecule has 126 valence electrons. The van der Waals surface area contributed by atoms with Gasteiger partial charge in [0.2, 0.25) is 5.91 Å². The minimum absolute atomic E-state index is 0.0266. The molecule has 2 saturated heterocycles. The number of carbonyl (C=O) groups is 1. The summed E-state index contributed by atoms with van der Waals surface area (Å²) in [5.41, 5.74) is 1.58. The van der Waals surface area contributed by atoms with Gasteiger partial charge in [-0.3, -0.25) is 4.79 Å². The lowest BCUT2D eigenvalue weighted by Crippen LogP contribution is -2.50. The van der Waals surface area contributed by atoms with Gasteiger partial charge in [0.05, 0.1) is 30.3 Å². The maximum Gasteiger partial charge on any atom is 0.475 e. The molecule has 4 atom stereocenters. The first-order valence-corrected chi connectivity index (χ1v) is 8.39. The summed E-state index contributed by atoms with van der Waals surface area (Å²) in [6.45, 7) is 0. The van der Waals surface area contributed by atoms with Crippen LogP contribution in [0.1, 0.15) is 24.8 Å². The number of hydrogen-bond donors (Lipinski definition) is 3. The highest BCUT2D eigenvalue weighted by Crippen LogP contribution is 2.38. The summed E-state index contributed by atoms with van der Waals surface area (Å²) in [6.07, 6.45) is 4.69. The van der Waals surface area contributed by atoms with E-state index in [1.807, 2.05) is 24.3 Å². The number of furan rings is 1. The van der Waals surface area contributed by atoms with Crippen molar-refractivity contribution in [3.63, 3.8) is 0 Å². The Hall–Kier alpha value is -1.83. The Morgan fingerprint density at radius 1 is 1.33 bits per heavy atom. The maximum absolute atomic E-state index is 12.5. The van der Waals surface area contributed by atoms with E-state index in [9.17, 15) is 14.8 Å². The Morgan fingerprint density at radius 3 is 2.88 bits per heavy atom. The van der Waals surface area contributed by atoms with E-state index < -0.39 is 13.1 Å². The molecule has 7 heteroatoms. The standard InChI is InChI=1S/C17H20BNO5/c20-17(13-8-11-5-6-15(13)24-11)19-16(18(21)22)7-10-9-23-14-4-2-1-3-12(10)14/h1-4,9,11,13,15-16,21-22H,5-8H2,(H,19,20)/t11-,13-,15+,16+/m1/s1. The van der Waals surface area contributed by atoms with Crippen molar-refractivity contribution in [3.05, 3.63) is 36.1 Å². The third-order valence-corrected chi connectivity index (χ3v) is 5.13. The van der Waals surface area contributed by atoms with E-state index in [0.29, 0.717) is 6.42 Å². The van der Waals surface area contributed by atoms with Crippen LogP contribution in [0.4, 0.5) is 0 Å². The third-order valence-electron chi connectivity index (χ3n) is 5.13. The zero-order chi connectivity index (χ0) is 16.7. The van der Waals surface area contributed by atoms with Gasteiger partial charge in [-0.05, 0) is 37.3 Å². The van der Waals surface area contributed by atoms with Crippen LogP contribution in [0, 0.1) is 5.92 Å². The van der Waals surface area contributed by atoms with Crippen molar-refractivity contribution in [2.75, 3.05) is 0 Å². The fourth-order valence-corrected chi connectivity index (χ4v) is 3.86. The SMILES string of the molecule is O=C(N[C@@H](Cc1coc2ccccc12)B(O)O)[C@@H]1C[C@H]2CC[C@@H]1O2. The van der Waals surface area contributed by atoms with E-state index in [4.69, 9.17) is 9.15 Å². The van der Waals surface area contributed by atoms with Crippen LogP contribution in [0.15, 0.2) is 34.9 Å². The van der Waals surface area contributed by atoms with Gasteiger partial charge >= 0.3 is 7.12 Å².